The number of hydrogen-bond acceptors (Lipinski definition) is 2. The number of carbonyl (C=O) groups is 1. The van der Waals surface area contributed by atoms with E-state index >= 15 is 0 Å². The van der Waals surface area contributed by atoms with Crippen molar-refractivity contribution in [3.05, 3.63) is 52.8 Å². The fourth-order valence-electron chi connectivity index (χ4n) is 2.34. The second-order valence-electron chi connectivity index (χ2n) is 4.68. The molecule has 19 heavy (non-hydrogen) atoms. The van der Waals surface area contributed by atoms with Gasteiger partial charge in [0.25, 0.3) is 0 Å². The number of carbonyl (C=O) groups excluding carboxylic acids is 1. The van der Waals surface area contributed by atoms with Gasteiger partial charge in [-0.25, -0.2) is 4.79 Å². The Hall–Kier alpha value is -2.03. The maximum atomic E-state index is 11.9. The Kier molecular flexibility index (Phi) is 3.74. The van der Waals surface area contributed by atoms with Crippen molar-refractivity contribution >= 4 is 5.97 Å². The molecule has 3 heteroatoms. The van der Waals surface area contributed by atoms with Gasteiger partial charge >= 0.3 is 5.97 Å². The van der Waals surface area contributed by atoms with E-state index in [0.29, 0.717) is 12.2 Å². The van der Waals surface area contributed by atoms with Gasteiger partial charge in [-0.1, -0.05) is 12.1 Å². The molecule has 3 nitrogen and oxygen atoms in total. The number of esters is 1. The van der Waals surface area contributed by atoms with Crippen LogP contribution in [0.3, 0.4) is 0 Å². The lowest BCUT2D eigenvalue weighted by Crippen LogP contribution is -2.06. The van der Waals surface area contributed by atoms with Gasteiger partial charge in [0, 0.05) is 17.1 Å². The summed E-state index contributed by atoms with van der Waals surface area (Å²) in [6.07, 6.45) is 0. The Labute approximate surface area is 113 Å². The third kappa shape index (κ3) is 2.55. The van der Waals surface area contributed by atoms with Crippen molar-refractivity contribution in [3.63, 3.8) is 0 Å². The summed E-state index contributed by atoms with van der Waals surface area (Å²) >= 11 is 0. The maximum absolute atomic E-state index is 11.9. The Morgan fingerprint density at radius 2 is 1.95 bits per heavy atom. The van der Waals surface area contributed by atoms with E-state index in [9.17, 15) is 4.79 Å². The predicted octanol–water partition coefficient (Wildman–Crippen LogP) is 3.58. The van der Waals surface area contributed by atoms with Crippen LogP contribution in [0.25, 0.3) is 5.69 Å². The van der Waals surface area contributed by atoms with E-state index in [2.05, 4.69) is 23.6 Å². The van der Waals surface area contributed by atoms with Crippen LogP contribution in [0, 0.1) is 20.8 Å². The predicted molar refractivity (Wildman–Crippen MR) is 75.9 cm³/mol. The highest BCUT2D eigenvalue weighted by atomic mass is 16.5. The third-order valence-electron chi connectivity index (χ3n) is 3.19. The van der Waals surface area contributed by atoms with Crippen LogP contribution in [0.15, 0.2) is 30.3 Å². The fraction of sp³-hybridized carbons (Fsp3) is 0.312. The summed E-state index contributed by atoms with van der Waals surface area (Å²) < 4.78 is 7.17. The highest BCUT2D eigenvalue weighted by molar-refractivity contribution is 5.91. The zero-order valence-corrected chi connectivity index (χ0v) is 11.9. The van der Waals surface area contributed by atoms with E-state index < -0.39 is 0 Å². The number of benzene rings is 1. The number of rotatable bonds is 3. The Morgan fingerprint density at radius 3 is 2.58 bits per heavy atom. The molecule has 1 heterocycles. The fourth-order valence-corrected chi connectivity index (χ4v) is 2.34. The highest BCUT2D eigenvalue weighted by Crippen LogP contribution is 2.22. The standard InChI is InChI=1S/C16H19NO2/c1-5-19-16(18)15-10-12(3)17(13(15)4)14-8-6-7-11(2)9-14/h6-10H,5H2,1-4H3. The van der Waals surface area contributed by atoms with E-state index in [1.807, 2.05) is 39.0 Å². The molecule has 0 amide bonds. The van der Waals surface area contributed by atoms with Gasteiger partial charge < -0.3 is 9.30 Å². The smallest absolute Gasteiger partial charge is 0.339 e. The largest absolute Gasteiger partial charge is 0.462 e. The first-order chi connectivity index (χ1) is 9.04. The van der Waals surface area contributed by atoms with Gasteiger partial charge in [-0.3, -0.25) is 0 Å². The van der Waals surface area contributed by atoms with E-state index in [4.69, 9.17) is 4.74 Å². The molecule has 0 spiro atoms. The van der Waals surface area contributed by atoms with E-state index in [0.717, 1.165) is 17.1 Å². The highest BCUT2D eigenvalue weighted by Gasteiger charge is 2.17. The lowest BCUT2D eigenvalue weighted by molar-refractivity contribution is 0.0525. The van der Waals surface area contributed by atoms with Crippen LogP contribution >= 0.6 is 0 Å². The molecule has 1 aromatic heterocycles. The quantitative estimate of drug-likeness (QED) is 0.787. The zero-order valence-electron chi connectivity index (χ0n) is 11.9. The maximum Gasteiger partial charge on any atom is 0.339 e. The normalized spacial score (nSPS) is 10.5. The molecular weight excluding hydrogens is 238 g/mol. The molecule has 0 saturated carbocycles. The van der Waals surface area contributed by atoms with E-state index in [-0.39, 0.29) is 5.97 Å². The summed E-state index contributed by atoms with van der Waals surface area (Å²) in [5.74, 6) is -0.255. The SMILES string of the molecule is CCOC(=O)c1cc(C)n(-c2cccc(C)c2)c1C. The summed E-state index contributed by atoms with van der Waals surface area (Å²) in [4.78, 5) is 11.9. The minimum atomic E-state index is -0.255. The topological polar surface area (TPSA) is 31.2 Å². The van der Waals surface area contributed by atoms with Crippen LogP contribution in [-0.2, 0) is 4.74 Å². The van der Waals surface area contributed by atoms with Gasteiger partial charge in [0.15, 0.2) is 0 Å². The molecular formula is C16H19NO2. The second-order valence-corrected chi connectivity index (χ2v) is 4.68. The molecule has 100 valence electrons. The van der Waals surface area contributed by atoms with Crippen molar-refractivity contribution in [2.24, 2.45) is 0 Å². The lowest BCUT2D eigenvalue weighted by atomic mass is 10.2. The Morgan fingerprint density at radius 1 is 1.21 bits per heavy atom. The van der Waals surface area contributed by atoms with Crippen LogP contribution < -0.4 is 0 Å². The van der Waals surface area contributed by atoms with Crippen molar-refractivity contribution in [2.75, 3.05) is 6.61 Å². The van der Waals surface area contributed by atoms with Gasteiger partial charge in [-0.2, -0.15) is 0 Å². The number of aromatic nitrogens is 1. The van der Waals surface area contributed by atoms with Crippen molar-refractivity contribution in [2.45, 2.75) is 27.7 Å². The van der Waals surface area contributed by atoms with Crippen LogP contribution in [0.1, 0.15) is 34.2 Å². The number of hydrogen-bond donors (Lipinski definition) is 0. The molecule has 0 aliphatic rings. The van der Waals surface area contributed by atoms with Crippen molar-refractivity contribution in [3.8, 4) is 5.69 Å². The molecule has 0 saturated heterocycles. The van der Waals surface area contributed by atoms with Crippen LogP contribution in [0.4, 0.5) is 0 Å². The van der Waals surface area contributed by atoms with Crippen molar-refractivity contribution in [1.29, 1.82) is 0 Å². The molecule has 0 N–H and O–H groups in total. The van der Waals surface area contributed by atoms with Crippen molar-refractivity contribution < 1.29 is 9.53 Å². The summed E-state index contributed by atoms with van der Waals surface area (Å²) in [6, 6.07) is 10.1. The lowest BCUT2D eigenvalue weighted by Gasteiger charge is -2.10. The Balaban J connectivity index is 2.51. The van der Waals surface area contributed by atoms with E-state index in [1.54, 1.807) is 0 Å². The van der Waals surface area contributed by atoms with Gasteiger partial charge in [0.05, 0.1) is 12.2 Å². The van der Waals surface area contributed by atoms with Crippen LogP contribution in [-0.4, -0.2) is 17.1 Å². The number of aryl methyl sites for hydroxylation is 2. The molecule has 0 aliphatic heterocycles. The zero-order chi connectivity index (χ0) is 14.0. The van der Waals surface area contributed by atoms with Crippen molar-refractivity contribution in [1.82, 2.24) is 4.57 Å². The number of nitrogens with zero attached hydrogens (tertiary/aromatic N) is 1. The van der Waals surface area contributed by atoms with Gasteiger partial charge in [0.1, 0.15) is 0 Å². The molecule has 0 aliphatic carbocycles. The molecule has 2 aromatic rings. The second kappa shape index (κ2) is 5.31. The van der Waals surface area contributed by atoms with Crippen LogP contribution in [0.5, 0.6) is 0 Å². The number of ether oxygens (including phenoxy) is 1. The molecule has 1 aromatic carbocycles. The summed E-state index contributed by atoms with van der Waals surface area (Å²) in [5.41, 5.74) is 4.86. The summed E-state index contributed by atoms with van der Waals surface area (Å²) in [5, 5.41) is 0. The molecule has 0 atom stereocenters. The van der Waals surface area contributed by atoms with Gasteiger partial charge in [-0.05, 0) is 51.5 Å². The molecule has 0 fully saturated rings. The average molecular weight is 257 g/mol. The Bertz CT molecular complexity index is 611. The minimum Gasteiger partial charge on any atom is -0.462 e. The first-order valence-corrected chi connectivity index (χ1v) is 6.47. The van der Waals surface area contributed by atoms with Crippen LogP contribution in [0.2, 0.25) is 0 Å². The molecule has 0 radical (unpaired) electrons. The summed E-state index contributed by atoms with van der Waals surface area (Å²) in [6.45, 7) is 8.22. The molecule has 0 bridgehead atoms. The summed E-state index contributed by atoms with van der Waals surface area (Å²) in [7, 11) is 0. The first kappa shape index (κ1) is 13.4. The van der Waals surface area contributed by atoms with Gasteiger partial charge in [-0.15, -0.1) is 0 Å². The third-order valence-corrected chi connectivity index (χ3v) is 3.19. The minimum absolute atomic E-state index is 0.255. The first-order valence-electron chi connectivity index (χ1n) is 6.47. The average Bonchev–Trinajstić information content (AvgIpc) is 2.65. The van der Waals surface area contributed by atoms with Gasteiger partial charge in [0.2, 0.25) is 0 Å². The monoisotopic (exact) mass is 257 g/mol. The van der Waals surface area contributed by atoms with E-state index in [1.165, 1.54) is 5.56 Å². The molecule has 0 unspecified atom stereocenters. The molecule has 2 rings (SSSR count).